The second-order valence-electron chi connectivity index (χ2n) is 8.41. The lowest BCUT2D eigenvalue weighted by Crippen LogP contribution is -2.28. The molecule has 0 saturated carbocycles. The molecule has 6 nitrogen and oxygen atoms in total. The van der Waals surface area contributed by atoms with Crippen LogP contribution in [0.25, 0.3) is 0 Å². The summed E-state index contributed by atoms with van der Waals surface area (Å²) in [4.78, 5) is 29.4. The second-order valence-corrected chi connectivity index (χ2v) is 8.41. The van der Waals surface area contributed by atoms with E-state index in [1.54, 1.807) is 39.0 Å². The molecular formula is C27H27F2NO5. The molecule has 0 aliphatic rings. The van der Waals surface area contributed by atoms with E-state index in [9.17, 15) is 23.5 Å². The molecule has 0 unspecified atom stereocenters. The van der Waals surface area contributed by atoms with E-state index in [-0.39, 0.29) is 17.9 Å². The molecule has 0 bridgehead atoms. The molecule has 3 aromatic rings. The summed E-state index contributed by atoms with van der Waals surface area (Å²) in [5.41, 5.74) is 1.89. The van der Waals surface area contributed by atoms with Gasteiger partial charge in [-0.3, -0.25) is 9.59 Å². The number of aryl methyl sites for hydroxylation is 1. The van der Waals surface area contributed by atoms with E-state index in [0.717, 1.165) is 5.56 Å². The number of ether oxygens (including phenoxy) is 2. The van der Waals surface area contributed by atoms with E-state index in [1.165, 1.54) is 43.6 Å². The van der Waals surface area contributed by atoms with E-state index in [1.807, 2.05) is 0 Å². The van der Waals surface area contributed by atoms with Crippen molar-refractivity contribution < 1.29 is 33.0 Å². The first-order chi connectivity index (χ1) is 16.6. The molecule has 184 valence electrons. The highest BCUT2D eigenvalue weighted by molar-refractivity contribution is 5.99. The maximum Gasteiger partial charge on any atom is 0.309 e. The van der Waals surface area contributed by atoms with Crippen LogP contribution in [0.3, 0.4) is 0 Å². The summed E-state index contributed by atoms with van der Waals surface area (Å²) in [6.07, 6.45) is 0.378. The van der Waals surface area contributed by atoms with Gasteiger partial charge >= 0.3 is 5.97 Å². The number of carbonyl (C=O) groups is 2. The zero-order valence-electron chi connectivity index (χ0n) is 19.9. The molecule has 1 N–H and O–H groups in total. The van der Waals surface area contributed by atoms with Gasteiger partial charge in [-0.2, -0.15) is 0 Å². The number of methoxy groups -OCH3 is 1. The van der Waals surface area contributed by atoms with Gasteiger partial charge in [-0.05, 0) is 54.8 Å². The Balaban J connectivity index is 1.80. The Morgan fingerprint density at radius 3 is 2.31 bits per heavy atom. The monoisotopic (exact) mass is 483 g/mol. The number of pyridine rings is 1. The number of hydrogen-bond acceptors (Lipinski definition) is 6. The van der Waals surface area contributed by atoms with Gasteiger partial charge in [0.1, 0.15) is 17.7 Å². The highest BCUT2D eigenvalue weighted by Gasteiger charge is 2.29. The number of rotatable bonds is 9. The Kier molecular flexibility index (Phi) is 8.17. The normalized spacial score (nSPS) is 13.5. The summed E-state index contributed by atoms with van der Waals surface area (Å²) in [7, 11) is 1.35. The topological polar surface area (TPSA) is 85.7 Å². The van der Waals surface area contributed by atoms with Crippen molar-refractivity contribution in [1.29, 1.82) is 0 Å². The molecule has 0 saturated heterocycles. The Hall–Kier alpha value is -3.81. The number of aromatic nitrogens is 1. The molecule has 2 aromatic carbocycles. The molecule has 1 aromatic heterocycles. The zero-order chi connectivity index (χ0) is 25.7. The van der Waals surface area contributed by atoms with Crippen LogP contribution in [0.4, 0.5) is 8.78 Å². The number of benzene rings is 2. The van der Waals surface area contributed by atoms with Crippen molar-refractivity contribution in [2.45, 2.75) is 39.2 Å². The van der Waals surface area contributed by atoms with E-state index in [4.69, 9.17) is 9.47 Å². The molecule has 0 fully saturated rings. The van der Waals surface area contributed by atoms with Crippen molar-refractivity contribution in [2.24, 2.45) is 5.92 Å². The zero-order valence-corrected chi connectivity index (χ0v) is 19.9. The van der Waals surface area contributed by atoms with E-state index >= 15 is 0 Å². The first-order valence-electron chi connectivity index (χ1n) is 11.1. The first kappa shape index (κ1) is 25.8. The predicted molar refractivity (Wildman–Crippen MR) is 125 cm³/mol. The van der Waals surface area contributed by atoms with Gasteiger partial charge in [0.25, 0.3) is 0 Å². The van der Waals surface area contributed by atoms with Crippen molar-refractivity contribution in [3.8, 4) is 11.5 Å². The van der Waals surface area contributed by atoms with Crippen LogP contribution in [0.15, 0.2) is 54.7 Å². The van der Waals surface area contributed by atoms with Gasteiger partial charge in [-0.15, -0.1) is 0 Å². The molecule has 1 heterocycles. The number of halogens is 2. The number of ketones is 1. The van der Waals surface area contributed by atoms with Gasteiger partial charge in [-0.1, -0.05) is 25.1 Å². The van der Waals surface area contributed by atoms with Gasteiger partial charge in [0.05, 0.1) is 13.0 Å². The third-order valence-corrected chi connectivity index (χ3v) is 5.83. The lowest BCUT2D eigenvalue weighted by atomic mass is 9.84. The van der Waals surface area contributed by atoms with E-state index in [2.05, 4.69) is 4.98 Å². The van der Waals surface area contributed by atoms with Crippen LogP contribution in [0.1, 0.15) is 53.4 Å². The largest absolute Gasteiger partial charge is 0.503 e. The van der Waals surface area contributed by atoms with Crippen LogP contribution in [-0.2, 0) is 9.53 Å². The Morgan fingerprint density at radius 2 is 1.69 bits per heavy atom. The van der Waals surface area contributed by atoms with Crippen molar-refractivity contribution in [3.63, 3.8) is 0 Å². The number of hydrogen-bond donors (Lipinski definition) is 1. The molecule has 0 aliphatic carbocycles. The minimum absolute atomic E-state index is 0.101. The minimum Gasteiger partial charge on any atom is -0.503 e. The average molecular weight is 484 g/mol. The van der Waals surface area contributed by atoms with Crippen molar-refractivity contribution in [3.05, 3.63) is 88.7 Å². The Bertz CT molecular complexity index is 1210. The number of Topliss-reactive ketones (excluding diaryl/α,β-unsaturated/α-hetero) is 1. The van der Waals surface area contributed by atoms with Crippen LogP contribution in [-0.4, -0.2) is 35.1 Å². The molecular weight excluding hydrogens is 456 g/mol. The summed E-state index contributed by atoms with van der Waals surface area (Å²) in [5.74, 6) is -3.58. The summed E-state index contributed by atoms with van der Waals surface area (Å²) < 4.78 is 38.0. The SMILES string of the molecule is COc1ccnc(C(=O)C[C@@H](C)C(=O)O[C@@H](C)[C@@H](c2ccc(F)cc2)c2ccc(F)cc2C)c1O. The van der Waals surface area contributed by atoms with Gasteiger partial charge in [0.15, 0.2) is 23.0 Å². The third kappa shape index (κ3) is 6.01. The van der Waals surface area contributed by atoms with Crippen LogP contribution in [0, 0.1) is 24.5 Å². The van der Waals surface area contributed by atoms with Gasteiger partial charge in [0, 0.05) is 24.6 Å². The lowest BCUT2D eigenvalue weighted by Gasteiger charge is -2.27. The fourth-order valence-electron chi connectivity index (χ4n) is 3.99. The molecule has 0 amide bonds. The highest BCUT2D eigenvalue weighted by Crippen LogP contribution is 2.33. The average Bonchev–Trinajstić information content (AvgIpc) is 2.81. The van der Waals surface area contributed by atoms with Crippen LogP contribution in [0.2, 0.25) is 0 Å². The minimum atomic E-state index is -0.833. The molecule has 8 heteroatoms. The maximum atomic E-state index is 13.7. The number of carbonyl (C=O) groups excluding carboxylic acids is 2. The van der Waals surface area contributed by atoms with Gasteiger partial charge in [-0.25, -0.2) is 13.8 Å². The third-order valence-electron chi connectivity index (χ3n) is 5.83. The lowest BCUT2D eigenvalue weighted by molar-refractivity contribution is -0.153. The Morgan fingerprint density at radius 1 is 1.03 bits per heavy atom. The fraction of sp³-hybridized carbons (Fsp3) is 0.296. The highest BCUT2D eigenvalue weighted by atomic mass is 19.1. The number of aromatic hydroxyl groups is 1. The summed E-state index contributed by atoms with van der Waals surface area (Å²) >= 11 is 0. The molecule has 0 radical (unpaired) electrons. The van der Waals surface area contributed by atoms with Crippen molar-refractivity contribution in [1.82, 2.24) is 4.98 Å². The first-order valence-corrected chi connectivity index (χ1v) is 11.1. The molecule has 35 heavy (non-hydrogen) atoms. The van der Waals surface area contributed by atoms with Gasteiger partial charge < -0.3 is 14.6 Å². The fourth-order valence-corrected chi connectivity index (χ4v) is 3.99. The molecule has 0 aliphatic heterocycles. The summed E-state index contributed by atoms with van der Waals surface area (Å²) in [5, 5.41) is 10.2. The maximum absolute atomic E-state index is 13.7. The predicted octanol–water partition coefficient (Wildman–Crippen LogP) is 5.36. The molecule has 3 rings (SSSR count). The summed E-state index contributed by atoms with van der Waals surface area (Å²) in [6.45, 7) is 4.98. The van der Waals surface area contributed by atoms with E-state index in [0.29, 0.717) is 11.1 Å². The van der Waals surface area contributed by atoms with Crippen LogP contribution >= 0.6 is 0 Å². The quantitative estimate of drug-likeness (QED) is 0.326. The molecule has 3 atom stereocenters. The van der Waals surface area contributed by atoms with Crippen LogP contribution in [0.5, 0.6) is 11.5 Å². The van der Waals surface area contributed by atoms with E-state index < -0.39 is 47.1 Å². The van der Waals surface area contributed by atoms with Gasteiger partial charge in [0.2, 0.25) is 0 Å². The standard InChI is InChI=1S/C27H27F2NO5/c1-15-13-20(29)9-10-21(15)24(18-5-7-19(28)8-6-18)17(3)35-27(33)16(2)14-22(31)25-26(32)23(34-4)11-12-30-25/h5-13,16-17,24,32H,14H2,1-4H3/t16-,17+,24+/m1/s1. The summed E-state index contributed by atoms with van der Waals surface area (Å²) in [6, 6.07) is 11.5. The smallest absolute Gasteiger partial charge is 0.309 e. The Labute approximate surface area is 202 Å². The second kappa shape index (κ2) is 11.1. The number of esters is 1. The number of nitrogens with zero attached hydrogens (tertiary/aromatic N) is 1. The van der Waals surface area contributed by atoms with Crippen LogP contribution < -0.4 is 4.74 Å². The van der Waals surface area contributed by atoms with Crippen molar-refractivity contribution in [2.75, 3.05) is 7.11 Å². The molecule has 0 spiro atoms. The van der Waals surface area contributed by atoms with Crippen molar-refractivity contribution >= 4 is 11.8 Å².